The minimum Gasteiger partial charge on any atom is -0.496 e. The fourth-order valence-corrected chi connectivity index (χ4v) is 3.42. The van der Waals surface area contributed by atoms with Gasteiger partial charge in [-0.2, -0.15) is 0 Å². The molecular weight excluding hydrogens is 416 g/mol. The highest BCUT2D eigenvalue weighted by molar-refractivity contribution is 5.69. The highest BCUT2D eigenvalue weighted by Gasteiger charge is 2.27. The van der Waals surface area contributed by atoms with Crippen LogP contribution in [0, 0.1) is 0 Å². The summed E-state index contributed by atoms with van der Waals surface area (Å²) in [6.45, 7) is 5.62. The van der Waals surface area contributed by atoms with Gasteiger partial charge in [0.2, 0.25) is 0 Å². The summed E-state index contributed by atoms with van der Waals surface area (Å²) >= 11 is 0. The number of rotatable bonds is 13. The second-order valence-corrected chi connectivity index (χ2v) is 7.26. The molecule has 0 spiro atoms. The second kappa shape index (κ2) is 14.3. The van der Waals surface area contributed by atoms with Crippen molar-refractivity contribution in [2.75, 3.05) is 48.6 Å². The standard InChI is InChI=1S/C23H38N2O7/c1-8-10-12-24(22(26)31-6)15-17-19(28-3)14-20(29-4)18(21(17)30-5)16-25(13-11-9-2)23(27)32-7/h14H,8-13,15-16H2,1-7H3. The van der Waals surface area contributed by atoms with Crippen molar-refractivity contribution in [1.29, 1.82) is 0 Å². The van der Waals surface area contributed by atoms with Crippen molar-refractivity contribution in [2.24, 2.45) is 0 Å². The van der Waals surface area contributed by atoms with Crippen molar-refractivity contribution in [3.63, 3.8) is 0 Å². The predicted molar refractivity (Wildman–Crippen MR) is 122 cm³/mol. The zero-order chi connectivity index (χ0) is 24.1. The van der Waals surface area contributed by atoms with Gasteiger partial charge in [-0.1, -0.05) is 26.7 Å². The quantitative estimate of drug-likeness (QED) is 0.435. The van der Waals surface area contributed by atoms with Gasteiger partial charge in [-0.3, -0.25) is 0 Å². The van der Waals surface area contributed by atoms with E-state index in [1.165, 1.54) is 14.2 Å². The molecular formula is C23H38N2O7. The molecule has 0 unspecified atom stereocenters. The third kappa shape index (κ3) is 7.10. The first kappa shape index (κ1) is 27.2. The number of amides is 2. The van der Waals surface area contributed by atoms with Crippen LogP contribution in [0.5, 0.6) is 17.2 Å². The summed E-state index contributed by atoms with van der Waals surface area (Å²) in [7, 11) is 7.36. The smallest absolute Gasteiger partial charge is 0.409 e. The van der Waals surface area contributed by atoms with Crippen molar-refractivity contribution >= 4 is 12.2 Å². The van der Waals surface area contributed by atoms with E-state index < -0.39 is 12.2 Å². The number of benzene rings is 1. The molecule has 0 bridgehead atoms. The number of nitrogens with zero attached hydrogens (tertiary/aromatic N) is 2. The highest BCUT2D eigenvalue weighted by Crippen LogP contribution is 2.41. The third-order valence-electron chi connectivity index (χ3n) is 5.18. The van der Waals surface area contributed by atoms with Gasteiger partial charge < -0.3 is 33.5 Å². The van der Waals surface area contributed by atoms with Crippen LogP contribution in [0.4, 0.5) is 9.59 Å². The number of ether oxygens (including phenoxy) is 5. The largest absolute Gasteiger partial charge is 0.496 e. The summed E-state index contributed by atoms with van der Waals surface area (Å²) in [5.74, 6) is 1.54. The van der Waals surface area contributed by atoms with Crippen LogP contribution >= 0.6 is 0 Å². The number of hydrogen-bond acceptors (Lipinski definition) is 7. The lowest BCUT2D eigenvalue weighted by atomic mass is 10.0. The molecule has 0 fully saturated rings. The van der Waals surface area contributed by atoms with E-state index in [-0.39, 0.29) is 13.1 Å². The van der Waals surface area contributed by atoms with Gasteiger partial charge in [0, 0.05) is 19.2 Å². The van der Waals surface area contributed by atoms with Crippen LogP contribution in [0.3, 0.4) is 0 Å². The molecule has 0 aliphatic heterocycles. The zero-order valence-electron chi connectivity index (χ0n) is 20.5. The minimum absolute atomic E-state index is 0.225. The van der Waals surface area contributed by atoms with E-state index in [4.69, 9.17) is 23.7 Å². The van der Waals surface area contributed by atoms with Crippen molar-refractivity contribution in [1.82, 2.24) is 9.80 Å². The molecule has 0 aromatic heterocycles. The Hall–Kier alpha value is -2.84. The van der Waals surface area contributed by atoms with E-state index in [0.717, 1.165) is 25.7 Å². The van der Waals surface area contributed by atoms with E-state index in [0.29, 0.717) is 41.5 Å². The van der Waals surface area contributed by atoms with E-state index in [1.54, 1.807) is 37.2 Å². The second-order valence-electron chi connectivity index (χ2n) is 7.26. The van der Waals surface area contributed by atoms with Gasteiger partial charge in [-0.25, -0.2) is 9.59 Å². The Morgan fingerprint density at radius 3 is 1.41 bits per heavy atom. The highest BCUT2D eigenvalue weighted by atomic mass is 16.5. The lowest BCUT2D eigenvalue weighted by molar-refractivity contribution is 0.118. The van der Waals surface area contributed by atoms with Crippen molar-refractivity contribution in [2.45, 2.75) is 52.6 Å². The number of methoxy groups -OCH3 is 5. The summed E-state index contributed by atoms with van der Waals surface area (Å²) in [5, 5.41) is 0. The van der Waals surface area contributed by atoms with Gasteiger partial charge in [0.15, 0.2) is 0 Å². The lowest BCUT2D eigenvalue weighted by Gasteiger charge is -2.27. The molecule has 9 nitrogen and oxygen atoms in total. The monoisotopic (exact) mass is 454 g/mol. The summed E-state index contributed by atoms with van der Waals surface area (Å²) < 4.78 is 26.9. The first-order valence-corrected chi connectivity index (χ1v) is 10.9. The van der Waals surface area contributed by atoms with Crippen LogP contribution in [0.15, 0.2) is 6.07 Å². The fourth-order valence-electron chi connectivity index (χ4n) is 3.42. The van der Waals surface area contributed by atoms with Crippen molar-refractivity contribution in [3.8, 4) is 17.2 Å². The zero-order valence-corrected chi connectivity index (χ0v) is 20.5. The molecule has 0 atom stereocenters. The van der Waals surface area contributed by atoms with Crippen molar-refractivity contribution < 1.29 is 33.3 Å². The molecule has 182 valence electrons. The Morgan fingerprint density at radius 2 is 1.12 bits per heavy atom. The van der Waals surface area contributed by atoms with E-state index >= 15 is 0 Å². The number of carbonyl (C=O) groups excluding carboxylic acids is 2. The summed E-state index contributed by atoms with van der Waals surface area (Å²) in [6, 6.07) is 1.75. The average molecular weight is 455 g/mol. The normalized spacial score (nSPS) is 10.3. The van der Waals surface area contributed by atoms with Gasteiger partial charge in [-0.15, -0.1) is 0 Å². The minimum atomic E-state index is -0.431. The Morgan fingerprint density at radius 1 is 0.719 bits per heavy atom. The van der Waals surface area contributed by atoms with Gasteiger partial charge in [0.25, 0.3) is 0 Å². The molecule has 0 saturated carbocycles. The first-order valence-electron chi connectivity index (χ1n) is 10.9. The molecule has 1 aromatic carbocycles. The molecule has 0 radical (unpaired) electrons. The molecule has 0 aliphatic carbocycles. The predicted octanol–water partition coefficient (Wildman–Crippen LogP) is 4.45. The first-order chi connectivity index (χ1) is 15.4. The molecule has 2 amide bonds. The maximum Gasteiger partial charge on any atom is 0.409 e. The molecule has 1 rings (SSSR count). The van der Waals surface area contributed by atoms with Gasteiger partial charge >= 0.3 is 12.2 Å². The van der Waals surface area contributed by atoms with Crippen LogP contribution in [-0.2, 0) is 22.6 Å². The SMILES string of the molecule is CCCCN(Cc1c(OC)cc(OC)c(CN(CCCC)C(=O)OC)c1OC)C(=O)OC. The van der Waals surface area contributed by atoms with Crippen LogP contribution in [0.1, 0.15) is 50.7 Å². The summed E-state index contributed by atoms with van der Waals surface area (Å²) in [5.41, 5.74) is 1.35. The number of carbonyl (C=O) groups is 2. The van der Waals surface area contributed by atoms with Gasteiger partial charge in [0.1, 0.15) is 17.2 Å². The number of hydrogen-bond donors (Lipinski definition) is 0. The molecule has 0 heterocycles. The Labute approximate surface area is 191 Å². The maximum atomic E-state index is 12.4. The Kier molecular flexibility index (Phi) is 12.1. The molecule has 1 aromatic rings. The Balaban J connectivity index is 3.53. The molecule has 0 saturated heterocycles. The van der Waals surface area contributed by atoms with E-state index in [2.05, 4.69) is 13.8 Å². The molecule has 0 N–H and O–H groups in total. The van der Waals surface area contributed by atoms with Crippen LogP contribution in [0.2, 0.25) is 0 Å². The van der Waals surface area contributed by atoms with Crippen LogP contribution in [0.25, 0.3) is 0 Å². The van der Waals surface area contributed by atoms with Crippen molar-refractivity contribution in [3.05, 3.63) is 17.2 Å². The van der Waals surface area contributed by atoms with Gasteiger partial charge in [0.05, 0.1) is 59.8 Å². The summed E-state index contributed by atoms with van der Waals surface area (Å²) in [4.78, 5) is 28.0. The maximum absolute atomic E-state index is 12.4. The molecule has 9 heteroatoms. The van der Waals surface area contributed by atoms with E-state index in [9.17, 15) is 9.59 Å². The summed E-state index contributed by atoms with van der Waals surface area (Å²) in [6.07, 6.45) is 2.66. The number of unbranched alkanes of at least 4 members (excludes halogenated alkanes) is 2. The average Bonchev–Trinajstić information content (AvgIpc) is 2.82. The third-order valence-corrected chi connectivity index (χ3v) is 5.18. The van der Waals surface area contributed by atoms with Gasteiger partial charge in [-0.05, 0) is 12.8 Å². The van der Waals surface area contributed by atoms with Crippen LogP contribution < -0.4 is 14.2 Å². The van der Waals surface area contributed by atoms with Crippen LogP contribution in [-0.4, -0.2) is 70.6 Å². The lowest BCUT2D eigenvalue weighted by Crippen LogP contribution is -2.33. The topological polar surface area (TPSA) is 86.8 Å². The van der Waals surface area contributed by atoms with E-state index in [1.807, 2.05) is 0 Å². The fraction of sp³-hybridized carbons (Fsp3) is 0.652. The molecule has 32 heavy (non-hydrogen) atoms. The molecule has 0 aliphatic rings. The Bertz CT molecular complexity index is 683.